The van der Waals surface area contributed by atoms with E-state index in [1.165, 1.54) is 38.5 Å². The quantitative estimate of drug-likeness (QED) is 0.299. The lowest BCUT2D eigenvalue weighted by molar-refractivity contribution is -0.137. The summed E-state index contributed by atoms with van der Waals surface area (Å²) in [6, 6.07) is 15.6. The van der Waals surface area contributed by atoms with Gasteiger partial charge in [-0.3, -0.25) is 9.59 Å². The smallest absolute Gasteiger partial charge is 0.418 e. The summed E-state index contributed by atoms with van der Waals surface area (Å²) in [5.74, 6) is -2.39. The van der Waals surface area contributed by atoms with E-state index in [-0.39, 0.29) is 18.8 Å². The molecular formula is C33H36FNO7. The van der Waals surface area contributed by atoms with E-state index in [0.29, 0.717) is 28.2 Å². The Labute approximate surface area is 245 Å². The molecule has 1 heterocycles. The molecule has 8 nitrogen and oxygen atoms in total. The molecule has 0 saturated carbocycles. The van der Waals surface area contributed by atoms with E-state index in [1.807, 2.05) is 52.0 Å². The highest BCUT2D eigenvalue weighted by molar-refractivity contribution is 5.95. The van der Waals surface area contributed by atoms with Crippen LogP contribution in [0.2, 0.25) is 0 Å². The zero-order chi connectivity index (χ0) is 30.8. The fourth-order valence-electron chi connectivity index (χ4n) is 5.93. The Balaban J connectivity index is 1.92. The molecule has 0 aliphatic carbocycles. The van der Waals surface area contributed by atoms with Gasteiger partial charge >= 0.3 is 12.1 Å². The van der Waals surface area contributed by atoms with Gasteiger partial charge in [-0.25, -0.2) is 14.1 Å². The topological polar surface area (TPSA) is 102 Å². The number of aliphatic carboxylic acids is 1. The van der Waals surface area contributed by atoms with E-state index in [0.717, 1.165) is 16.0 Å². The number of carbonyl (C=O) groups excluding carboxylic acids is 2. The maximum absolute atomic E-state index is 14.1. The molecule has 1 aliphatic heterocycles. The molecule has 9 heteroatoms. The number of ether oxygens (including phenoxy) is 3. The fourth-order valence-corrected chi connectivity index (χ4v) is 5.93. The van der Waals surface area contributed by atoms with Crippen LogP contribution in [-0.4, -0.2) is 48.2 Å². The number of amides is 2. The van der Waals surface area contributed by atoms with Gasteiger partial charge in [-0.05, 0) is 61.7 Å². The number of benzene rings is 3. The lowest BCUT2D eigenvalue weighted by Gasteiger charge is -2.39. The van der Waals surface area contributed by atoms with Gasteiger partial charge in [0.05, 0.1) is 26.7 Å². The third-order valence-corrected chi connectivity index (χ3v) is 7.73. The van der Waals surface area contributed by atoms with Crippen molar-refractivity contribution in [3.63, 3.8) is 0 Å². The Morgan fingerprint density at radius 1 is 0.929 bits per heavy atom. The summed E-state index contributed by atoms with van der Waals surface area (Å²) in [5, 5.41) is 9.60. The van der Waals surface area contributed by atoms with Crippen molar-refractivity contribution in [1.82, 2.24) is 4.90 Å². The number of carboxylic acid groups (broad SMARTS) is 1. The van der Waals surface area contributed by atoms with Crippen LogP contribution in [0.15, 0.2) is 60.7 Å². The van der Waals surface area contributed by atoms with E-state index in [9.17, 15) is 23.9 Å². The summed E-state index contributed by atoms with van der Waals surface area (Å²) in [4.78, 5) is 40.8. The van der Waals surface area contributed by atoms with Crippen molar-refractivity contribution in [3.05, 3.63) is 94.3 Å². The van der Waals surface area contributed by atoms with Crippen molar-refractivity contribution in [1.29, 1.82) is 0 Å². The van der Waals surface area contributed by atoms with E-state index < -0.39 is 41.3 Å². The monoisotopic (exact) mass is 577 g/mol. The first-order valence-electron chi connectivity index (χ1n) is 13.7. The zero-order valence-corrected chi connectivity index (χ0v) is 24.6. The van der Waals surface area contributed by atoms with Crippen LogP contribution in [-0.2, 0) is 19.9 Å². The van der Waals surface area contributed by atoms with Crippen LogP contribution in [0.5, 0.6) is 11.5 Å². The second kappa shape index (κ2) is 12.2. The van der Waals surface area contributed by atoms with Crippen molar-refractivity contribution in [3.8, 4) is 11.5 Å². The number of cyclic esters (lactones) is 1. The molecule has 0 aromatic heterocycles. The predicted octanol–water partition coefficient (Wildman–Crippen LogP) is 6.36. The molecule has 2 amide bonds. The van der Waals surface area contributed by atoms with Gasteiger partial charge in [-0.2, -0.15) is 0 Å². The van der Waals surface area contributed by atoms with Crippen LogP contribution >= 0.6 is 0 Å². The second-order valence-electron chi connectivity index (χ2n) is 11.0. The first-order chi connectivity index (χ1) is 19.9. The van der Waals surface area contributed by atoms with E-state index in [2.05, 4.69) is 0 Å². The standard InChI is InChI=1S/C33H36FNO7/c1-19(2)31-33(25-15-20(3)7-13-27(25)40-5,26-16-21(4)8-14-28(26)41-6)42-32(39)35(31)29(36)17-23(18-30(37)38)22-9-11-24(34)12-10-22/h7-16,19,23,31H,17-18H2,1-6H3,(H,37,38)/t23-,31+/m1/s1. The third kappa shape index (κ3) is 5.68. The Hall–Kier alpha value is -4.40. The summed E-state index contributed by atoms with van der Waals surface area (Å²) >= 11 is 0. The van der Waals surface area contributed by atoms with Gasteiger partial charge in [0.2, 0.25) is 5.91 Å². The number of hydrogen-bond acceptors (Lipinski definition) is 6. The van der Waals surface area contributed by atoms with Gasteiger partial charge in [0, 0.05) is 23.5 Å². The van der Waals surface area contributed by atoms with Crippen LogP contribution in [0.3, 0.4) is 0 Å². The lowest BCUT2D eigenvalue weighted by atomic mass is 9.74. The number of aryl methyl sites for hydroxylation is 2. The highest BCUT2D eigenvalue weighted by atomic mass is 19.1. The first-order valence-corrected chi connectivity index (χ1v) is 13.7. The number of imide groups is 1. The summed E-state index contributed by atoms with van der Waals surface area (Å²) in [6.07, 6.45) is -1.55. The Kier molecular flexibility index (Phi) is 8.89. The van der Waals surface area contributed by atoms with Crippen LogP contribution < -0.4 is 9.47 Å². The van der Waals surface area contributed by atoms with E-state index >= 15 is 0 Å². The SMILES string of the molecule is COc1ccc(C)cc1C1(c2cc(C)ccc2OC)OC(=O)N(C(=O)C[C@H](CC(=O)O)c2ccc(F)cc2)[C@H]1C(C)C. The Morgan fingerprint density at radius 3 is 1.90 bits per heavy atom. The number of rotatable bonds is 10. The first kappa shape index (κ1) is 30.6. The highest BCUT2D eigenvalue weighted by Crippen LogP contribution is 2.53. The van der Waals surface area contributed by atoms with Gasteiger partial charge in [-0.1, -0.05) is 49.2 Å². The molecule has 3 aromatic rings. The summed E-state index contributed by atoms with van der Waals surface area (Å²) < 4.78 is 31.5. The number of methoxy groups -OCH3 is 2. The molecule has 1 N–H and O–H groups in total. The van der Waals surface area contributed by atoms with Crippen molar-refractivity contribution in [2.75, 3.05) is 14.2 Å². The van der Waals surface area contributed by atoms with Crippen LogP contribution in [0, 0.1) is 25.6 Å². The maximum atomic E-state index is 14.1. The number of hydrogen-bond donors (Lipinski definition) is 1. The molecule has 0 spiro atoms. The normalized spacial score (nSPS) is 16.7. The van der Waals surface area contributed by atoms with Gasteiger partial charge in [0.25, 0.3) is 0 Å². The number of halogens is 1. The fraction of sp³-hybridized carbons (Fsp3) is 0.364. The molecule has 0 bridgehead atoms. The maximum Gasteiger partial charge on any atom is 0.418 e. The molecule has 1 saturated heterocycles. The lowest BCUT2D eigenvalue weighted by Crippen LogP contribution is -2.50. The van der Waals surface area contributed by atoms with Gasteiger partial charge in [0.1, 0.15) is 17.3 Å². The average molecular weight is 578 g/mol. The summed E-state index contributed by atoms with van der Waals surface area (Å²) in [6.45, 7) is 7.60. The van der Waals surface area contributed by atoms with Crippen molar-refractivity contribution in [2.45, 2.75) is 58.1 Å². The van der Waals surface area contributed by atoms with Crippen molar-refractivity contribution >= 4 is 18.0 Å². The average Bonchev–Trinajstić information content (AvgIpc) is 3.26. The Bertz CT molecular complexity index is 1430. The van der Waals surface area contributed by atoms with Gasteiger partial charge < -0.3 is 19.3 Å². The number of carbonyl (C=O) groups is 3. The predicted molar refractivity (Wildman–Crippen MR) is 154 cm³/mol. The summed E-state index contributed by atoms with van der Waals surface area (Å²) in [7, 11) is 3.05. The third-order valence-electron chi connectivity index (χ3n) is 7.73. The molecule has 1 fully saturated rings. The van der Waals surface area contributed by atoms with Gasteiger partial charge in [-0.15, -0.1) is 0 Å². The van der Waals surface area contributed by atoms with Crippen LogP contribution in [0.4, 0.5) is 9.18 Å². The molecular weight excluding hydrogens is 541 g/mol. The van der Waals surface area contributed by atoms with Crippen molar-refractivity contribution in [2.24, 2.45) is 5.92 Å². The Morgan fingerprint density at radius 2 is 1.45 bits per heavy atom. The minimum atomic E-state index is -1.52. The molecule has 42 heavy (non-hydrogen) atoms. The van der Waals surface area contributed by atoms with Crippen LogP contribution in [0.1, 0.15) is 60.4 Å². The summed E-state index contributed by atoms with van der Waals surface area (Å²) in [5.41, 5.74) is 1.84. The van der Waals surface area contributed by atoms with Crippen molar-refractivity contribution < 1.29 is 38.1 Å². The largest absolute Gasteiger partial charge is 0.496 e. The minimum absolute atomic E-state index is 0.303. The molecule has 4 rings (SSSR count). The molecule has 1 aliphatic rings. The minimum Gasteiger partial charge on any atom is -0.496 e. The van der Waals surface area contributed by atoms with Gasteiger partial charge in [0.15, 0.2) is 5.60 Å². The molecule has 0 unspecified atom stereocenters. The van der Waals surface area contributed by atoms with E-state index in [4.69, 9.17) is 14.2 Å². The molecule has 2 atom stereocenters. The zero-order valence-electron chi connectivity index (χ0n) is 24.6. The highest BCUT2D eigenvalue weighted by Gasteiger charge is 2.61. The number of carboxylic acids is 1. The number of nitrogens with zero attached hydrogens (tertiary/aromatic N) is 1. The second-order valence-corrected chi connectivity index (χ2v) is 11.0. The van der Waals surface area contributed by atoms with Crippen LogP contribution in [0.25, 0.3) is 0 Å². The molecule has 3 aromatic carbocycles. The molecule has 0 radical (unpaired) electrons. The van der Waals surface area contributed by atoms with E-state index in [1.54, 1.807) is 12.1 Å². The molecule has 222 valence electrons.